The van der Waals surface area contributed by atoms with Gasteiger partial charge in [0.2, 0.25) is 0 Å². The van der Waals surface area contributed by atoms with Gasteiger partial charge in [-0.15, -0.1) is 6.58 Å². The van der Waals surface area contributed by atoms with Gasteiger partial charge < -0.3 is 0 Å². The van der Waals surface area contributed by atoms with Crippen molar-refractivity contribution < 1.29 is 4.79 Å². The number of aryl methyl sites for hydroxylation is 2. The van der Waals surface area contributed by atoms with Gasteiger partial charge in [0, 0.05) is 12.0 Å². The van der Waals surface area contributed by atoms with Crippen molar-refractivity contribution in [3.63, 3.8) is 0 Å². The molecule has 0 radical (unpaired) electrons. The first-order valence-corrected chi connectivity index (χ1v) is 5.25. The van der Waals surface area contributed by atoms with Crippen LogP contribution in [0.3, 0.4) is 0 Å². The Hall–Kier alpha value is -1.37. The van der Waals surface area contributed by atoms with E-state index in [1.54, 1.807) is 0 Å². The van der Waals surface area contributed by atoms with Gasteiger partial charge >= 0.3 is 0 Å². The highest BCUT2D eigenvalue weighted by Gasteiger charge is 2.08. The average Bonchev–Trinajstić information content (AvgIpc) is 2.14. The number of hydrogen-bond acceptors (Lipinski definition) is 1. The summed E-state index contributed by atoms with van der Waals surface area (Å²) in [7, 11) is 0. The maximum absolute atomic E-state index is 11.8. The molecule has 15 heavy (non-hydrogen) atoms. The van der Waals surface area contributed by atoms with Crippen molar-refractivity contribution in [2.45, 2.75) is 33.6 Å². The number of Topliss-reactive ketones (excluding diaryl/α,β-unsaturated/α-hetero) is 1. The molecule has 0 bridgehead atoms. The minimum atomic E-state index is 0.218. The maximum atomic E-state index is 11.8. The van der Waals surface area contributed by atoms with Gasteiger partial charge in [-0.1, -0.05) is 29.3 Å². The molecule has 0 unspecified atom stereocenters. The van der Waals surface area contributed by atoms with Gasteiger partial charge in [-0.05, 0) is 32.8 Å². The van der Waals surface area contributed by atoms with Crippen LogP contribution < -0.4 is 0 Å². The number of benzene rings is 1. The molecule has 80 valence electrons. The van der Waals surface area contributed by atoms with E-state index in [1.165, 1.54) is 5.56 Å². The molecule has 1 aromatic carbocycles. The topological polar surface area (TPSA) is 17.1 Å². The molecule has 0 spiro atoms. The fraction of sp³-hybridized carbons (Fsp3) is 0.357. The second-order valence-corrected chi connectivity index (χ2v) is 4.20. The highest BCUT2D eigenvalue weighted by molar-refractivity contribution is 5.97. The number of ketones is 1. The Kier molecular flexibility index (Phi) is 3.84. The van der Waals surface area contributed by atoms with Crippen LogP contribution in [-0.2, 0) is 0 Å². The van der Waals surface area contributed by atoms with E-state index in [2.05, 4.69) is 6.58 Å². The highest BCUT2D eigenvalue weighted by Crippen LogP contribution is 2.14. The second kappa shape index (κ2) is 4.92. The molecule has 0 aliphatic carbocycles. The Labute approximate surface area is 91.8 Å². The number of hydrogen-bond donors (Lipinski definition) is 0. The Morgan fingerprint density at radius 1 is 1.27 bits per heavy atom. The summed E-state index contributed by atoms with van der Waals surface area (Å²) in [4.78, 5) is 11.8. The van der Waals surface area contributed by atoms with E-state index < -0.39 is 0 Å². The molecule has 0 saturated heterocycles. The van der Waals surface area contributed by atoms with Crippen molar-refractivity contribution in [2.24, 2.45) is 0 Å². The summed E-state index contributed by atoms with van der Waals surface area (Å²) >= 11 is 0. The van der Waals surface area contributed by atoms with E-state index >= 15 is 0 Å². The van der Waals surface area contributed by atoms with Crippen molar-refractivity contribution in [1.29, 1.82) is 0 Å². The lowest BCUT2D eigenvalue weighted by Gasteiger charge is -2.05. The van der Waals surface area contributed by atoms with Gasteiger partial charge in [0.25, 0.3) is 0 Å². The van der Waals surface area contributed by atoms with Crippen LogP contribution in [0, 0.1) is 13.8 Å². The second-order valence-electron chi connectivity index (χ2n) is 4.20. The Morgan fingerprint density at radius 3 is 2.47 bits per heavy atom. The SMILES string of the molecule is C=C(C)CCC(=O)c1ccc(C)cc1C. The largest absolute Gasteiger partial charge is 0.294 e. The normalized spacial score (nSPS) is 10.1. The molecule has 0 fully saturated rings. The molecule has 1 aromatic rings. The standard InChI is InChI=1S/C14H18O/c1-10(2)5-8-14(15)13-7-6-11(3)9-12(13)4/h6-7,9H,1,5,8H2,2-4H3. The number of allylic oxidation sites excluding steroid dienone is 1. The summed E-state index contributed by atoms with van der Waals surface area (Å²) in [5.41, 5.74) is 4.18. The molecule has 0 N–H and O–H groups in total. The smallest absolute Gasteiger partial charge is 0.163 e. The lowest BCUT2D eigenvalue weighted by Crippen LogP contribution is -2.02. The van der Waals surface area contributed by atoms with Gasteiger partial charge in [0.15, 0.2) is 5.78 Å². The zero-order chi connectivity index (χ0) is 11.4. The molecule has 0 heterocycles. The summed E-state index contributed by atoms with van der Waals surface area (Å²) in [6.07, 6.45) is 1.35. The average molecular weight is 202 g/mol. The fourth-order valence-electron chi connectivity index (χ4n) is 1.59. The van der Waals surface area contributed by atoms with Gasteiger partial charge in [-0.25, -0.2) is 0 Å². The van der Waals surface area contributed by atoms with Crippen molar-refractivity contribution in [2.75, 3.05) is 0 Å². The first-order valence-electron chi connectivity index (χ1n) is 5.25. The van der Waals surface area contributed by atoms with Crippen molar-refractivity contribution in [3.05, 3.63) is 47.0 Å². The Balaban J connectivity index is 2.78. The summed E-state index contributed by atoms with van der Waals surface area (Å²) in [6.45, 7) is 9.78. The molecule has 0 aliphatic heterocycles. The Bertz CT molecular complexity index is 388. The predicted molar refractivity (Wildman–Crippen MR) is 64.3 cm³/mol. The molecule has 0 atom stereocenters. The first-order chi connectivity index (χ1) is 7.00. The maximum Gasteiger partial charge on any atom is 0.163 e. The molecule has 0 saturated carbocycles. The molecule has 1 heteroatoms. The lowest BCUT2D eigenvalue weighted by molar-refractivity contribution is 0.0982. The predicted octanol–water partition coefficient (Wildman–Crippen LogP) is 3.84. The molecule has 1 nitrogen and oxygen atoms in total. The first kappa shape index (κ1) is 11.7. The fourth-order valence-corrected chi connectivity index (χ4v) is 1.59. The van der Waals surface area contributed by atoms with Gasteiger partial charge in [0.05, 0.1) is 0 Å². The lowest BCUT2D eigenvalue weighted by atomic mass is 9.98. The van der Waals surface area contributed by atoms with E-state index in [-0.39, 0.29) is 5.78 Å². The van der Waals surface area contributed by atoms with E-state index in [0.29, 0.717) is 6.42 Å². The van der Waals surface area contributed by atoms with Crippen LogP contribution in [0.25, 0.3) is 0 Å². The van der Waals surface area contributed by atoms with Crippen LogP contribution in [0.2, 0.25) is 0 Å². The van der Waals surface area contributed by atoms with Gasteiger partial charge in [-0.2, -0.15) is 0 Å². The molecular weight excluding hydrogens is 184 g/mol. The van der Waals surface area contributed by atoms with Crippen LogP contribution in [0.5, 0.6) is 0 Å². The third-order valence-corrected chi connectivity index (χ3v) is 2.46. The molecule has 0 aliphatic rings. The van der Waals surface area contributed by atoms with Crippen LogP contribution in [0.4, 0.5) is 0 Å². The van der Waals surface area contributed by atoms with E-state index in [4.69, 9.17) is 0 Å². The highest BCUT2D eigenvalue weighted by atomic mass is 16.1. The van der Waals surface area contributed by atoms with Crippen LogP contribution in [-0.4, -0.2) is 5.78 Å². The quantitative estimate of drug-likeness (QED) is 0.535. The minimum absolute atomic E-state index is 0.218. The number of carbonyl (C=O) groups excluding carboxylic acids is 1. The summed E-state index contributed by atoms with van der Waals surface area (Å²) in [5.74, 6) is 0.218. The zero-order valence-electron chi connectivity index (χ0n) is 9.76. The van der Waals surface area contributed by atoms with Crippen LogP contribution in [0.15, 0.2) is 30.4 Å². The minimum Gasteiger partial charge on any atom is -0.294 e. The van der Waals surface area contributed by atoms with E-state index in [0.717, 1.165) is 23.1 Å². The zero-order valence-corrected chi connectivity index (χ0v) is 9.76. The Morgan fingerprint density at radius 2 is 1.93 bits per heavy atom. The van der Waals surface area contributed by atoms with Crippen LogP contribution in [0.1, 0.15) is 41.3 Å². The monoisotopic (exact) mass is 202 g/mol. The van der Waals surface area contributed by atoms with Gasteiger partial charge in [0.1, 0.15) is 0 Å². The summed E-state index contributed by atoms with van der Waals surface area (Å²) in [6, 6.07) is 5.96. The number of rotatable bonds is 4. The third-order valence-electron chi connectivity index (χ3n) is 2.46. The van der Waals surface area contributed by atoms with Crippen molar-refractivity contribution in [3.8, 4) is 0 Å². The van der Waals surface area contributed by atoms with E-state index in [9.17, 15) is 4.79 Å². The molecular formula is C14H18O. The summed E-state index contributed by atoms with van der Waals surface area (Å²) in [5, 5.41) is 0. The number of carbonyl (C=O) groups is 1. The van der Waals surface area contributed by atoms with Crippen molar-refractivity contribution >= 4 is 5.78 Å². The van der Waals surface area contributed by atoms with Gasteiger partial charge in [-0.3, -0.25) is 4.79 Å². The third kappa shape index (κ3) is 3.35. The van der Waals surface area contributed by atoms with E-state index in [1.807, 2.05) is 39.0 Å². The summed E-state index contributed by atoms with van der Waals surface area (Å²) < 4.78 is 0. The van der Waals surface area contributed by atoms with Crippen LogP contribution >= 0.6 is 0 Å². The molecule has 0 amide bonds. The van der Waals surface area contributed by atoms with Crippen molar-refractivity contribution in [1.82, 2.24) is 0 Å². The molecule has 0 aromatic heterocycles. The molecule has 1 rings (SSSR count).